The Morgan fingerprint density at radius 1 is 1.19 bits per heavy atom. The van der Waals surface area contributed by atoms with Gasteiger partial charge in [-0.3, -0.25) is 4.79 Å². The summed E-state index contributed by atoms with van der Waals surface area (Å²) in [5.41, 5.74) is 3.06. The van der Waals surface area contributed by atoms with Gasteiger partial charge in [0.05, 0.1) is 10.6 Å². The van der Waals surface area contributed by atoms with Crippen LogP contribution in [0.5, 0.6) is 0 Å². The van der Waals surface area contributed by atoms with Gasteiger partial charge in [-0.2, -0.15) is 0 Å². The van der Waals surface area contributed by atoms with Gasteiger partial charge in [0.25, 0.3) is 0 Å². The minimum Gasteiger partial charge on any atom is -0.311 e. The van der Waals surface area contributed by atoms with Crippen molar-refractivity contribution >= 4 is 33.4 Å². The second-order valence-electron chi connectivity index (χ2n) is 6.28. The van der Waals surface area contributed by atoms with Crippen molar-refractivity contribution in [1.29, 1.82) is 0 Å². The van der Waals surface area contributed by atoms with Gasteiger partial charge < -0.3 is 4.90 Å². The Morgan fingerprint density at radius 3 is 2.62 bits per heavy atom. The summed E-state index contributed by atoms with van der Waals surface area (Å²) in [6, 6.07) is 13.0. The Balaban J connectivity index is 1.71. The molecule has 1 aliphatic rings. The number of benzene rings is 2. The maximum absolute atomic E-state index is 12.6. The molecule has 26 heavy (non-hydrogen) atoms. The van der Waals surface area contributed by atoms with Gasteiger partial charge in [-0.05, 0) is 37.1 Å². The molecule has 0 saturated heterocycles. The summed E-state index contributed by atoms with van der Waals surface area (Å²) in [5, 5.41) is 0. The number of aryl methyl sites for hydroxylation is 1. The van der Waals surface area contributed by atoms with Gasteiger partial charge in [0, 0.05) is 30.7 Å². The SMILES string of the molecule is CC(=O)N1CCSc2cc(S(=O)(=O)NCCc3ccc(C)cc3)ccc21. The Labute approximate surface area is 158 Å². The molecule has 2 aromatic carbocycles. The molecule has 0 aromatic heterocycles. The summed E-state index contributed by atoms with van der Waals surface area (Å²) in [7, 11) is -3.58. The van der Waals surface area contributed by atoms with E-state index in [2.05, 4.69) is 4.72 Å². The lowest BCUT2D eigenvalue weighted by Crippen LogP contribution is -2.33. The minimum atomic E-state index is -3.58. The lowest BCUT2D eigenvalue weighted by molar-refractivity contribution is -0.116. The first-order valence-corrected chi connectivity index (χ1v) is 10.9. The van der Waals surface area contributed by atoms with Gasteiger partial charge in [0.15, 0.2) is 0 Å². The number of sulfonamides is 1. The van der Waals surface area contributed by atoms with E-state index >= 15 is 0 Å². The molecule has 0 radical (unpaired) electrons. The van der Waals surface area contributed by atoms with E-state index in [1.165, 1.54) is 12.5 Å². The van der Waals surface area contributed by atoms with Crippen molar-refractivity contribution in [3.05, 3.63) is 53.6 Å². The number of rotatable bonds is 5. The normalized spacial score (nSPS) is 14.2. The molecule has 0 bridgehead atoms. The third-order valence-electron chi connectivity index (χ3n) is 4.31. The van der Waals surface area contributed by atoms with E-state index in [4.69, 9.17) is 0 Å². The molecule has 1 N–H and O–H groups in total. The second kappa shape index (κ2) is 7.82. The summed E-state index contributed by atoms with van der Waals surface area (Å²) in [6.07, 6.45) is 0.636. The van der Waals surface area contributed by atoms with Crippen LogP contribution in [-0.4, -0.2) is 33.2 Å². The van der Waals surface area contributed by atoms with Gasteiger partial charge in [0.1, 0.15) is 0 Å². The number of hydrogen-bond acceptors (Lipinski definition) is 4. The first-order valence-electron chi connectivity index (χ1n) is 8.47. The maximum atomic E-state index is 12.6. The van der Waals surface area contributed by atoms with Crippen LogP contribution in [0.1, 0.15) is 18.1 Å². The van der Waals surface area contributed by atoms with Crippen LogP contribution < -0.4 is 9.62 Å². The Morgan fingerprint density at radius 2 is 1.92 bits per heavy atom. The van der Waals surface area contributed by atoms with Gasteiger partial charge in [-0.1, -0.05) is 29.8 Å². The van der Waals surface area contributed by atoms with E-state index in [9.17, 15) is 13.2 Å². The third-order valence-corrected chi connectivity index (χ3v) is 6.79. The highest BCUT2D eigenvalue weighted by atomic mass is 32.2. The van der Waals surface area contributed by atoms with Crippen molar-refractivity contribution < 1.29 is 13.2 Å². The molecule has 0 spiro atoms. The Hall–Kier alpha value is -1.83. The van der Waals surface area contributed by atoms with Crippen molar-refractivity contribution in [3.63, 3.8) is 0 Å². The van der Waals surface area contributed by atoms with E-state index in [0.29, 0.717) is 19.5 Å². The molecule has 1 aliphatic heterocycles. The van der Waals surface area contributed by atoms with Gasteiger partial charge in [0.2, 0.25) is 15.9 Å². The van der Waals surface area contributed by atoms with Crippen LogP contribution in [0.2, 0.25) is 0 Å². The average molecular weight is 391 g/mol. The van der Waals surface area contributed by atoms with Crippen LogP contribution in [0.25, 0.3) is 0 Å². The van der Waals surface area contributed by atoms with Gasteiger partial charge in [-0.15, -0.1) is 11.8 Å². The Bertz CT molecular complexity index is 909. The largest absolute Gasteiger partial charge is 0.311 e. The number of fused-ring (bicyclic) bond motifs is 1. The number of nitrogens with one attached hydrogen (secondary N) is 1. The molecule has 0 atom stereocenters. The molecule has 1 heterocycles. The molecule has 0 unspecified atom stereocenters. The van der Waals surface area contributed by atoms with Crippen molar-refractivity contribution in [2.24, 2.45) is 0 Å². The molecular formula is C19H22N2O3S2. The van der Waals surface area contributed by atoms with Crippen molar-refractivity contribution in [2.75, 3.05) is 23.7 Å². The molecule has 2 aromatic rings. The second-order valence-corrected chi connectivity index (χ2v) is 9.19. The Kier molecular flexibility index (Phi) is 5.70. The molecular weight excluding hydrogens is 368 g/mol. The predicted octanol–water partition coefficient (Wildman–Crippen LogP) is 2.97. The van der Waals surface area contributed by atoms with Crippen LogP contribution in [0.15, 0.2) is 52.3 Å². The standard InChI is InChI=1S/C19H22N2O3S2/c1-14-3-5-16(6-4-14)9-10-20-26(23,24)17-7-8-18-19(13-17)25-12-11-21(18)15(2)22/h3-8,13,20H,9-12H2,1-2H3. The van der Waals surface area contributed by atoms with Gasteiger partial charge >= 0.3 is 0 Å². The van der Waals surface area contributed by atoms with Crippen LogP contribution in [0.3, 0.4) is 0 Å². The zero-order valence-corrected chi connectivity index (χ0v) is 16.5. The molecule has 1 amide bonds. The molecule has 138 valence electrons. The lowest BCUT2D eigenvalue weighted by atomic mass is 10.1. The first-order chi connectivity index (χ1) is 12.4. The molecule has 0 aliphatic carbocycles. The zero-order valence-electron chi connectivity index (χ0n) is 14.9. The van der Waals surface area contributed by atoms with Crippen molar-refractivity contribution in [2.45, 2.75) is 30.1 Å². The smallest absolute Gasteiger partial charge is 0.240 e. The fourth-order valence-corrected chi connectivity index (χ4v) is 5.02. The van der Waals surface area contributed by atoms with Crippen LogP contribution in [0.4, 0.5) is 5.69 Å². The van der Waals surface area contributed by atoms with Crippen LogP contribution in [0, 0.1) is 6.92 Å². The molecule has 7 heteroatoms. The topological polar surface area (TPSA) is 66.5 Å². The van der Waals surface area contributed by atoms with Gasteiger partial charge in [-0.25, -0.2) is 13.1 Å². The number of carbonyl (C=O) groups is 1. The van der Waals surface area contributed by atoms with Crippen LogP contribution >= 0.6 is 11.8 Å². The van der Waals surface area contributed by atoms with Crippen molar-refractivity contribution in [3.8, 4) is 0 Å². The summed E-state index contributed by atoms with van der Waals surface area (Å²) in [4.78, 5) is 14.5. The average Bonchev–Trinajstić information content (AvgIpc) is 2.62. The molecule has 0 saturated carbocycles. The van der Waals surface area contributed by atoms with E-state index in [1.54, 1.807) is 34.9 Å². The summed E-state index contributed by atoms with van der Waals surface area (Å²) in [5.74, 6) is 0.732. The summed E-state index contributed by atoms with van der Waals surface area (Å²) in [6.45, 7) is 4.54. The molecule has 5 nitrogen and oxygen atoms in total. The van der Waals surface area contributed by atoms with E-state index in [1.807, 2.05) is 31.2 Å². The summed E-state index contributed by atoms with van der Waals surface area (Å²) >= 11 is 1.58. The fraction of sp³-hybridized carbons (Fsp3) is 0.316. The minimum absolute atomic E-state index is 0.0293. The molecule has 0 fully saturated rings. The first kappa shape index (κ1) is 18.9. The summed E-state index contributed by atoms with van der Waals surface area (Å²) < 4.78 is 27.8. The number of hydrogen-bond donors (Lipinski definition) is 1. The number of carbonyl (C=O) groups excluding carboxylic acids is 1. The highest BCUT2D eigenvalue weighted by molar-refractivity contribution is 7.99. The quantitative estimate of drug-likeness (QED) is 0.852. The maximum Gasteiger partial charge on any atom is 0.240 e. The van der Waals surface area contributed by atoms with E-state index in [0.717, 1.165) is 21.9 Å². The highest BCUT2D eigenvalue weighted by Gasteiger charge is 2.23. The third kappa shape index (κ3) is 4.28. The van der Waals surface area contributed by atoms with E-state index < -0.39 is 10.0 Å². The molecule has 3 rings (SSSR count). The lowest BCUT2D eigenvalue weighted by Gasteiger charge is -2.28. The number of nitrogens with zero attached hydrogens (tertiary/aromatic N) is 1. The fourth-order valence-electron chi connectivity index (χ4n) is 2.86. The van der Waals surface area contributed by atoms with Crippen molar-refractivity contribution in [1.82, 2.24) is 4.72 Å². The monoisotopic (exact) mass is 390 g/mol. The number of amides is 1. The highest BCUT2D eigenvalue weighted by Crippen LogP contribution is 2.36. The van der Waals surface area contributed by atoms with E-state index in [-0.39, 0.29) is 10.8 Å². The number of thioether (sulfide) groups is 1. The number of anilines is 1. The van der Waals surface area contributed by atoms with Crippen LogP contribution in [-0.2, 0) is 21.2 Å². The predicted molar refractivity (Wildman–Crippen MR) is 105 cm³/mol. The zero-order chi connectivity index (χ0) is 18.7.